The van der Waals surface area contributed by atoms with Gasteiger partial charge in [-0.1, -0.05) is 23.7 Å². The number of aromatic nitrogens is 2. The molecular formula is C18H14ClFN2O2. The molecule has 2 aromatic carbocycles. The van der Waals surface area contributed by atoms with E-state index in [-0.39, 0.29) is 12.1 Å². The molecule has 0 fully saturated rings. The molecular weight excluding hydrogens is 331 g/mol. The second-order valence-corrected chi connectivity index (χ2v) is 5.62. The van der Waals surface area contributed by atoms with E-state index in [1.54, 1.807) is 24.3 Å². The van der Waals surface area contributed by atoms with Gasteiger partial charge in [-0.3, -0.25) is 4.79 Å². The zero-order valence-corrected chi connectivity index (χ0v) is 13.6. The fourth-order valence-electron chi connectivity index (χ4n) is 2.30. The fourth-order valence-corrected chi connectivity index (χ4v) is 2.43. The Morgan fingerprint density at radius 1 is 1.12 bits per heavy atom. The van der Waals surface area contributed by atoms with Gasteiger partial charge < -0.3 is 4.74 Å². The number of hydrogen-bond acceptors (Lipinski definition) is 3. The average molecular weight is 345 g/mol. The van der Waals surface area contributed by atoms with Gasteiger partial charge >= 0.3 is 0 Å². The quantitative estimate of drug-likeness (QED) is 0.724. The molecule has 24 heavy (non-hydrogen) atoms. The van der Waals surface area contributed by atoms with Crippen LogP contribution in [0.15, 0.2) is 59.4 Å². The highest BCUT2D eigenvalue weighted by atomic mass is 35.5. The van der Waals surface area contributed by atoms with Crippen molar-refractivity contribution in [3.05, 3.63) is 81.4 Å². The Balaban J connectivity index is 1.97. The predicted molar refractivity (Wildman–Crippen MR) is 91.0 cm³/mol. The van der Waals surface area contributed by atoms with Crippen LogP contribution in [0.25, 0.3) is 11.3 Å². The fraction of sp³-hybridized carbons (Fsp3) is 0.111. The molecule has 0 radical (unpaired) electrons. The Hall–Kier alpha value is -2.66. The molecule has 1 aromatic heterocycles. The minimum atomic E-state index is -0.460. The van der Waals surface area contributed by atoms with Crippen molar-refractivity contribution >= 4 is 11.6 Å². The average Bonchev–Trinajstić information content (AvgIpc) is 2.59. The van der Waals surface area contributed by atoms with Crippen molar-refractivity contribution in [1.29, 1.82) is 0 Å². The van der Waals surface area contributed by atoms with Gasteiger partial charge in [-0.15, -0.1) is 0 Å². The normalized spacial score (nSPS) is 10.6. The summed E-state index contributed by atoms with van der Waals surface area (Å²) >= 11 is 5.86. The van der Waals surface area contributed by atoms with Crippen LogP contribution in [0.1, 0.15) is 5.56 Å². The van der Waals surface area contributed by atoms with E-state index in [1.165, 1.54) is 30.0 Å². The van der Waals surface area contributed by atoms with Gasteiger partial charge in [0.1, 0.15) is 11.6 Å². The number of methoxy groups -OCH3 is 1. The van der Waals surface area contributed by atoms with Crippen molar-refractivity contribution in [2.45, 2.75) is 6.54 Å². The third-order valence-electron chi connectivity index (χ3n) is 3.56. The summed E-state index contributed by atoms with van der Waals surface area (Å²) in [7, 11) is 1.47. The molecule has 0 unspecified atom stereocenters. The number of hydrogen-bond donors (Lipinski definition) is 0. The van der Waals surface area contributed by atoms with Crippen molar-refractivity contribution in [2.75, 3.05) is 7.11 Å². The summed E-state index contributed by atoms with van der Waals surface area (Å²) in [5.41, 5.74) is 1.30. The molecule has 1 heterocycles. The zero-order valence-electron chi connectivity index (χ0n) is 12.9. The standard InChI is InChI=1S/C18H14ClFN2O2/c1-24-14-6-7-15(16(20)10-14)17-8-9-18(23)22(21-17)11-12-2-4-13(19)5-3-12/h2-10H,11H2,1H3. The first-order valence-corrected chi connectivity index (χ1v) is 7.61. The first-order valence-electron chi connectivity index (χ1n) is 7.23. The lowest BCUT2D eigenvalue weighted by molar-refractivity contribution is 0.411. The van der Waals surface area contributed by atoms with Crippen molar-refractivity contribution in [3.63, 3.8) is 0 Å². The minimum Gasteiger partial charge on any atom is -0.497 e. The van der Waals surface area contributed by atoms with Crippen LogP contribution < -0.4 is 10.3 Å². The summed E-state index contributed by atoms with van der Waals surface area (Å²) in [5.74, 6) is -0.0377. The number of benzene rings is 2. The van der Waals surface area contributed by atoms with Crippen molar-refractivity contribution < 1.29 is 9.13 Å². The minimum absolute atomic E-state index is 0.261. The Morgan fingerprint density at radius 3 is 2.54 bits per heavy atom. The van der Waals surface area contributed by atoms with Crippen molar-refractivity contribution in [3.8, 4) is 17.0 Å². The van der Waals surface area contributed by atoms with E-state index in [2.05, 4.69) is 5.10 Å². The van der Waals surface area contributed by atoms with Crippen molar-refractivity contribution in [1.82, 2.24) is 9.78 Å². The largest absolute Gasteiger partial charge is 0.497 e. The van der Waals surface area contributed by atoms with Crippen LogP contribution in [0.2, 0.25) is 5.02 Å². The molecule has 0 bridgehead atoms. The molecule has 0 aliphatic rings. The maximum absolute atomic E-state index is 14.2. The molecule has 122 valence electrons. The first kappa shape index (κ1) is 16.2. The lowest BCUT2D eigenvalue weighted by Crippen LogP contribution is -2.22. The second-order valence-electron chi connectivity index (χ2n) is 5.19. The van der Waals surface area contributed by atoms with Crippen LogP contribution in [0.5, 0.6) is 5.75 Å². The smallest absolute Gasteiger partial charge is 0.267 e. The number of rotatable bonds is 4. The summed E-state index contributed by atoms with van der Waals surface area (Å²) in [6.45, 7) is 0.279. The van der Waals surface area contributed by atoms with Crippen LogP contribution in [-0.2, 0) is 6.54 Å². The van der Waals surface area contributed by atoms with Crippen molar-refractivity contribution in [2.24, 2.45) is 0 Å². The third-order valence-corrected chi connectivity index (χ3v) is 3.82. The maximum Gasteiger partial charge on any atom is 0.267 e. The molecule has 4 nitrogen and oxygen atoms in total. The molecule has 0 N–H and O–H groups in total. The lowest BCUT2D eigenvalue weighted by Gasteiger charge is -2.09. The predicted octanol–water partition coefficient (Wildman–Crippen LogP) is 3.76. The monoisotopic (exact) mass is 344 g/mol. The summed E-state index contributed by atoms with van der Waals surface area (Å²) in [6, 6.07) is 14.5. The van der Waals surface area contributed by atoms with Gasteiger partial charge in [-0.05, 0) is 35.9 Å². The molecule has 0 amide bonds. The lowest BCUT2D eigenvalue weighted by atomic mass is 10.1. The van der Waals surface area contributed by atoms with Gasteiger partial charge in [0.15, 0.2) is 0 Å². The molecule has 0 atom stereocenters. The highest BCUT2D eigenvalue weighted by Crippen LogP contribution is 2.24. The van der Waals surface area contributed by atoms with Gasteiger partial charge in [0.2, 0.25) is 0 Å². The SMILES string of the molecule is COc1ccc(-c2ccc(=O)n(Cc3ccc(Cl)cc3)n2)c(F)c1. The van der Waals surface area contributed by atoms with E-state index < -0.39 is 5.82 Å². The summed E-state index contributed by atoms with van der Waals surface area (Å²) < 4.78 is 20.5. The Labute approximate surface area is 143 Å². The number of nitrogens with zero attached hydrogens (tertiary/aromatic N) is 2. The molecule has 0 aliphatic carbocycles. The molecule has 3 aromatic rings. The Morgan fingerprint density at radius 2 is 1.88 bits per heavy atom. The van der Waals surface area contributed by atoms with Crippen LogP contribution in [-0.4, -0.2) is 16.9 Å². The molecule has 0 saturated carbocycles. The molecule has 6 heteroatoms. The van der Waals surface area contributed by atoms with Crippen LogP contribution in [0.4, 0.5) is 4.39 Å². The first-order chi connectivity index (χ1) is 11.6. The third kappa shape index (κ3) is 3.46. The molecule has 0 saturated heterocycles. The number of halogens is 2. The summed E-state index contributed by atoms with van der Waals surface area (Å²) in [4.78, 5) is 12.0. The van der Waals surface area contributed by atoms with E-state index in [4.69, 9.17) is 16.3 Å². The molecule has 3 rings (SSSR count). The summed E-state index contributed by atoms with van der Waals surface area (Å²) in [5, 5.41) is 4.89. The van der Waals surface area contributed by atoms with Gasteiger partial charge in [0, 0.05) is 22.7 Å². The highest BCUT2D eigenvalue weighted by molar-refractivity contribution is 6.30. The van der Waals surface area contributed by atoms with Crippen LogP contribution >= 0.6 is 11.6 Å². The van der Waals surface area contributed by atoms with E-state index in [1.807, 2.05) is 12.1 Å². The van der Waals surface area contributed by atoms with Crippen LogP contribution in [0, 0.1) is 5.82 Å². The second kappa shape index (κ2) is 6.84. The number of ether oxygens (including phenoxy) is 1. The highest BCUT2D eigenvalue weighted by Gasteiger charge is 2.10. The van der Waals surface area contributed by atoms with Gasteiger partial charge in [-0.25, -0.2) is 9.07 Å². The molecule has 0 spiro atoms. The zero-order chi connectivity index (χ0) is 17.1. The summed E-state index contributed by atoms with van der Waals surface area (Å²) in [6.07, 6.45) is 0. The maximum atomic E-state index is 14.2. The van der Waals surface area contributed by atoms with Gasteiger partial charge in [0.05, 0.1) is 19.3 Å². The van der Waals surface area contributed by atoms with Crippen LogP contribution in [0.3, 0.4) is 0 Å². The molecule has 0 aliphatic heterocycles. The van der Waals surface area contributed by atoms with E-state index >= 15 is 0 Å². The van der Waals surface area contributed by atoms with Gasteiger partial charge in [-0.2, -0.15) is 5.10 Å². The van der Waals surface area contributed by atoms with Gasteiger partial charge in [0.25, 0.3) is 5.56 Å². The van der Waals surface area contributed by atoms with E-state index in [0.717, 1.165) is 5.56 Å². The Bertz CT molecular complexity index is 923. The topological polar surface area (TPSA) is 44.1 Å². The Kier molecular flexibility index (Phi) is 4.62. The van der Waals surface area contributed by atoms with E-state index in [9.17, 15) is 9.18 Å². The van der Waals surface area contributed by atoms with E-state index in [0.29, 0.717) is 22.0 Å².